The summed E-state index contributed by atoms with van der Waals surface area (Å²) >= 11 is 0. The number of unbranched alkanes of at least 4 members (excludes halogenated alkanes) is 2. The van der Waals surface area contributed by atoms with Gasteiger partial charge < -0.3 is 4.90 Å². The molecule has 0 spiro atoms. The first-order chi connectivity index (χ1) is 27.9. The topological polar surface area (TPSA) is 3.24 Å². The minimum atomic E-state index is 0.769. The van der Waals surface area contributed by atoms with E-state index in [1.807, 2.05) is 6.08 Å². The lowest BCUT2D eigenvalue weighted by molar-refractivity contribution is 0.520. The van der Waals surface area contributed by atoms with Crippen LogP contribution in [0.1, 0.15) is 130 Å². The third-order valence-corrected chi connectivity index (χ3v) is 10.2. The summed E-state index contributed by atoms with van der Waals surface area (Å²) in [4.78, 5) is 2.37. The molecule has 57 heavy (non-hydrogen) atoms. The van der Waals surface area contributed by atoms with Crippen LogP contribution in [0, 0.1) is 12.8 Å². The van der Waals surface area contributed by atoms with E-state index >= 15 is 0 Å². The van der Waals surface area contributed by atoms with E-state index in [-0.39, 0.29) is 0 Å². The Morgan fingerprint density at radius 2 is 1.65 bits per heavy atom. The second-order valence-corrected chi connectivity index (χ2v) is 14.6. The third kappa shape index (κ3) is 17.3. The van der Waals surface area contributed by atoms with Crippen molar-refractivity contribution in [2.24, 2.45) is 0 Å². The highest BCUT2D eigenvalue weighted by atomic mass is 15.1. The van der Waals surface area contributed by atoms with Crippen LogP contribution in [0.3, 0.4) is 0 Å². The molecular formula is C56H73N. The molecule has 1 heteroatoms. The molecule has 0 N–H and O–H groups in total. The van der Waals surface area contributed by atoms with Gasteiger partial charge in [-0.15, -0.1) is 19.4 Å². The number of terminal acetylenes is 1. The lowest BCUT2D eigenvalue weighted by atomic mass is 9.82. The van der Waals surface area contributed by atoms with E-state index in [1.165, 1.54) is 55.8 Å². The number of fused-ring (bicyclic) bond motifs is 1. The van der Waals surface area contributed by atoms with Crippen LogP contribution in [-0.2, 0) is 6.42 Å². The van der Waals surface area contributed by atoms with Gasteiger partial charge in [0, 0.05) is 18.4 Å². The summed E-state index contributed by atoms with van der Waals surface area (Å²) in [7, 11) is 0. The number of nitrogens with zero attached hydrogens (tertiary/aromatic N) is 1. The summed E-state index contributed by atoms with van der Waals surface area (Å²) in [5.74, 6) is 0. The van der Waals surface area contributed by atoms with Crippen molar-refractivity contribution in [3.63, 3.8) is 0 Å². The van der Waals surface area contributed by atoms with Crippen LogP contribution in [0.2, 0.25) is 0 Å². The zero-order valence-corrected chi connectivity index (χ0v) is 36.7. The molecule has 2 aliphatic rings. The van der Waals surface area contributed by atoms with Crippen LogP contribution < -0.4 is 0 Å². The van der Waals surface area contributed by atoms with E-state index in [0.29, 0.717) is 0 Å². The maximum atomic E-state index is 4.00. The number of allylic oxidation sites excluding steroid dienone is 22. The first kappa shape index (κ1) is 48.1. The molecule has 0 aromatic heterocycles. The molecule has 0 radical (unpaired) electrons. The highest BCUT2D eigenvalue weighted by Gasteiger charge is 2.18. The van der Waals surface area contributed by atoms with Crippen molar-refractivity contribution in [1.82, 2.24) is 4.90 Å². The molecule has 0 saturated carbocycles. The summed E-state index contributed by atoms with van der Waals surface area (Å²) in [6, 6.07) is 8.92. The molecule has 1 nitrogen and oxygen atoms in total. The van der Waals surface area contributed by atoms with E-state index < -0.39 is 0 Å². The summed E-state index contributed by atoms with van der Waals surface area (Å²) < 4.78 is 0. The standard InChI is InChI=1S/C54H71N.C2H2/c1-9-16-19-23-39-55(53(15-7)26-13-5)43-48(25-12-4)41-47(29-24-28-46-35-33-45(34-36-46)27-20-17-10-2)40-44(8)54(49(14-6)30-18-11-3)52-38-37-50-31-21-22-32-51(50)42-52;1-2/h9,12-13,15,17,20-27,29-32,35,39-42H,1,10-11,14,16,18-19,28,33-34,36-38,43H2,2-8H3;1-2H/b20-17-,25-12-,26-13-,29-24-,39-23-,45-27+,47-40+,48-41+,49-30+,53-15+,54-44-;. The number of hydrogen-bond acceptors (Lipinski definition) is 1. The lowest BCUT2D eigenvalue weighted by Gasteiger charge is -2.23. The monoisotopic (exact) mass is 760 g/mol. The van der Waals surface area contributed by atoms with Crippen molar-refractivity contribution in [1.29, 1.82) is 0 Å². The Morgan fingerprint density at radius 3 is 2.32 bits per heavy atom. The Hall–Kier alpha value is -5.06. The van der Waals surface area contributed by atoms with Crippen LogP contribution in [0.25, 0.3) is 6.08 Å². The van der Waals surface area contributed by atoms with Crippen molar-refractivity contribution in [3.8, 4) is 12.8 Å². The zero-order valence-electron chi connectivity index (χ0n) is 36.7. The average Bonchev–Trinajstić information content (AvgIpc) is 3.23. The Bertz CT molecular complexity index is 1840. The van der Waals surface area contributed by atoms with E-state index in [1.54, 1.807) is 5.57 Å². The molecule has 1 aromatic carbocycles. The third-order valence-electron chi connectivity index (χ3n) is 10.2. The van der Waals surface area contributed by atoms with Crippen LogP contribution >= 0.6 is 0 Å². The fourth-order valence-electron chi connectivity index (χ4n) is 7.31. The van der Waals surface area contributed by atoms with Gasteiger partial charge in [-0.2, -0.15) is 0 Å². The molecule has 0 amide bonds. The van der Waals surface area contributed by atoms with Crippen molar-refractivity contribution < 1.29 is 0 Å². The van der Waals surface area contributed by atoms with Crippen LogP contribution in [-0.4, -0.2) is 11.4 Å². The fourth-order valence-corrected chi connectivity index (χ4v) is 7.31. The van der Waals surface area contributed by atoms with Crippen molar-refractivity contribution in [2.75, 3.05) is 6.54 Å². The summed E-state index contributed by atoms with van der Waals surface area (Å²) in [5.41, 5.74) is 15.3. The molecular weight excluding hydrogens is 687 g/mol. The average molecular weight is 760 g/mol. The van der Waals surface area contributed by atoms with E-state index in [9.17, 15) is 0 Å². The minimum absolute atomic E-state index is 0.769. The second kappa shape index (κ2) is 29.2. The number of rotatable bonds is 21. The highest BCUT2D eigenvalue weighted by molar-refractivity contribution is 5.69. The molecule has 0 heterocycles. The zero-order chi connectivity index (χ0) is 41.7. The first-order valence-electron chi connectivity index (χ1n) is 21.5. The summed E-state index contributed by atoms with van der Waals surface area (Å²) in [6.45, 7) is 20.2. The molecule has 0 saturated heterocycles. The van der Waals surface area contributed by atoms with Gasteiger partial charge in [0.1, 0.15) is 0 Å². The highest BCUT2D eigenvalue weighted by Crippen LogP contribution is 2.36. The van der Waals surface area contributed by atoms with Crippen molar-refractivity contribution in [3.05, 3.63) is 196 Å². The maximum Gasteiger partial charge on any atom is 0.0475 e. The number of hydrogen-bond donors (Lipinski definition) is 0. The molecule has 0 aliphatic heterocycles. The number of benzene rings is 1. The smallest absolute Gasteiger partial charge is 0.0475 e. The molecule has 0 unspecified atom stereocenters. The van der Waals surface area contributed by atoms with Gasteiger partial charge in [-0.25, -0.2) is 0 Å². The molecule has 1 aromatic rings. The predicted octanol–water partition coefficient (Wildman–Crippen LogP) is 16.4. The van der Waals surface area contributed by atoms with Crippen LogP contribution in [0.4, 0.5) is 0 Å². The van der Waals surface area contributed by atoms with Gasteiger partial charge in [0.15, 0.2) is 0 Å². The van der Waals surface area contributed by atoms with Crippen molar-refractivity contribution >= 4 is 6.08 Å². The normalized spacial score (nSPS) is 17.0. The van der Waals surface area contributed by atoms with Gasteiger partial charge in [-0.1, -0.05) is 154 Å². The largest absolute Gasteiger partial charge is 0.344 e. The maximum absolute atomic E-state index is 4.00. The van der Waals surface area contributed by atoms with Crippen molar-refractivity contribution in [2.45, 2.75) is 126 Å². The van der Waals surface area contributed by atoms with Gasteiger partial charge in [0.25, 0.3) is 0 Å². The minimum Gasteiger partial charge on any atom is -0.344 e. The van der Waals surface area contributed by atoms with Crippen LogP contribution in [0.15, 0.2) is 185 Å². The molecule has 0 bridgehead atoms. The molecule has 302 valence electrons. The van der Waals surface area contributed by atoms with E-state index in [0.717, 1.165) is 83.6 Å². The Kier molecular flexibility index (Phi) is 24.7. The Labute approximate surface area is 350 Å². The number of aryl methyl sites for hydroxylation is 1. The SMILES string of the molecule is C#C.C=CCC/C=C\N(CC(/C=C\C)=C/C(/C=C\CC1=CC/C(=C\C=C/CC)CC1)=C/C(C)=C(C1=Cc2ccccc2CC1)/C(=C/CCC)CC)C(/C=C\C)=C/C. The molecule has 3 rings (SSSR count). The first-order valence-corrected chi connectivity index (χ1v) is 21.5. The Balaban J connectivity index is 0.00000551. The van der Waals surface area contributed by atoms with E-state index in [4.69, 9.17) is 0 Å². The predicted molar refractivity (Wildman–Crippen MR) is 257 cm³/mol. The lowest BCUT2D eigenvalue weighted by Crippen LogP contribution is -2.18. The summed E-state index contributed by atoms with van der Waals surface area (Å²) in [6.07, 6.45) is 62.1. The fraction of sp³-hybridized carbons (Fsp3) is 0.357. The second-order valence-electron chi connectivity index (χ2n) is 14.6. The van der Waals surface area contributed by atoms with Gasteiger partial charge in [-0.05, 0) is 155 Å². The van der Waals surface area contributed by atoms with Gasteiger partial charge in [0.05, 0.1) is 0 Å². The summed E-state index contributed by atoms with van der Waals surface area (Å²) in [5, 5.41) is 0. The van der Waals surface area contributed by atoms with Crippen LogP contribution in [0.5, 0.6) is 0 Å². The molecule has 0 fully saturated rings. The van der Waals surface area contributed by atoms with Gasteiger partial charge in [0.2, 0.25) is 0 Å². The quantitative estimate of drug-likeness (QED) is 0.0522. The van der Waals surface area contributed by atoms with Gasteiger partial charge in [-0.3, -0.25) is 0 Å². The molecule has 2 aliphatic carbocycles. The Morgan fingerprint density at radius 1 is 0.860 bits per heavy atom. The van der Waals surface area contributed by atoms with Gasteiger partial charge >= 0.3 is 0 Å². The molecule has 0 atom stereocenters. The van der Waals surface area contributed by atoms with E-state index in [2.05, 4.69) is 200 Å².